The molecule has 0 aliphatic carbocycles. The topological polar surface area (TPSA) is 91.8 Å². The van der Waals surface area contributed by atoms with Crippen molar-refractivity contribution in [3.63, 3.8) is 0 Å². The number of nitrogens with zero attached hydrogens (tertiary/aromatic N) is 6. The molecule has 9 heteroatoms. The van der Waals surface area contributed by atoms with Gasteiger partial charge in [0.2, 0.25) is 0 Å². The van der Waals surface area contributed by atoms with Gasteiger partial charge in [-0.3, -0.25) is 0 Å². The lowest BCUT2D eigenvalue weighted by Gasteiger charge is -2.35. The van der Waals surface area contributed by atoms with Gasteiger partial charge in [-0.15, -0.1) is 5.10 Å². The van der Waals surface area contributed by atoms with E-state index in [2.05, 4.69) is 25.5 Å². The minimum atomic E-state index is -0.0670. The Balaban J connectivity index is 1.33. The van der Waals surface area contributed by atoms with E-state index in [0.29, 0.717) is 19.6 Å². The van der Waals surface area contributed by atoms with Gasteiger partial charge in [-0.25, -0.2) is 14.3 Å². The molecule has 2 amide bonds. The van der Waals surface area contributed by atoms with Crippen molar-refractivity contribution in [2.45, 2.75) is 20.4 Å². The van der Waals surface area contributed by atoms with Gasteiger partial charge in [-0.05, 0) is 26.0 Å². The van der Waals surface area contributed by atoms with Crippen LogP contribution in [-0.2, 0) is 6.54 Å². The number of rotatable bonds is 3. The molecule has 3 aromatic heterocycles. The number of hydrogen-bond donors (Lipinski definition) is 1. The average molecular weight is 355 g/mol. The van der Waals surface area contributed by atoms with Crippen LogP contribution in [0.1, 0.15) is 17.0 Å². The molecular weight excluding hydrogens is 334 g/mol. The van der Waals surface area contributed by atoms with Crippen molar-refractivity contribution in [2.75, 3.05) is 31.1 Å². The van der Waals surface area contributed by atoms with E-state index < -0.39 is 0 Å². The summed E-state index contributed by atoms with van der Waals surface area (Å²) in [5.41, 5.74) is 2.58. The predicted octanol–water partition coefficient (Wildman–Crippen LogP) is 1.37. The number of urea groups is 1. The SMILES string of the molecule is Cc1noc(C)c1CNC(=O)N1CCN(c2ccc3nccn3n2)CC1. The van der Waals surface area contributed by atoms with Crippen molar-refractivity contribution < 1.29 is 9.32 Å². The molecule has 0 unspecified atom stereocenters. The number of hydrogen-bond acceptors (Lipinski definition) is 6. The molecule has 1 N–H and O–H groups in total. The standard InChI is InChI=1S/C17H21N7O2/c1-12-14(13(2)26-21-12)11-19-17(25)23-9-7-22(8-10-23)16-4-3-15-18-5-6-24(15)20-16/h3-6H,7-11H2,1-2H3,(H,19,25). The zero-order valence-electron chi connectivity index (χ0n) is 14.8. The zero-order valence-corrected chi connectivity index (χ0v) is 14.8. The van der Waals surface area contributed by atoms with Crippen molar-refractivity contribution in [2.24, 2.45) is 0 Å². The number of piperazine rings is 1. The number of imidazole rings is 1. The summed E-state index contributed by atoms with van der Waals surface area (Å²) in [5.74, 6) is 1.64. The highest BCUT2D eigenvalue weighted by atomic mass is 16.5. The van der Waals surface area contributed by atoms with E-state index in [4.69, 9.17) is 4.52 Å². The third kappa shape index (κ3) is 3.07. The summed E-state index contributed by atoms with van der Waals surface area (Å²) in [5, 5.41) is 11.4. The highest BCUT2D eigenvalue weighted by Gasteiger charge is 2.22. The fourth-order valence-corrected chi connectivity index (χ4v) is 3.14. The summed E-state index contributed by atoms with van der Waals surface area (Å²) < 4.78 is 6.89. The van der Waals surface area contributed by atoms with E-state index in [-0.39, 0.29) is 6.03 Å². The van der Waals surface area contributed by atoms with Crippen molar-refractivity contribution in [1.29, 1.82) is 0 Å². The summed E-state index contributed by atoms with van der Waals surface area (Å²) in [6.45, 7) is 6.94. The molecule has 0 spiro atoms. The summed E-state index contributed by atoms with van der Waals surface area (Å²) in [6, 6.07) is 3.85. The minimum absolute atomic E-state index is 0.0670. The van der Waals surface area contributed by atoms with Crippen LogP contribution in [0.5, 0.6) is 0 Å². The van der Waals surface area contributed by atoms with Crippen LogP contribution in [0.4, 0.5) is 10.6 Å². The van der Waals surface area contributed by atoms with Crippen LogP contribution < -0.4 is 10.2 Å². The second-order valence-corrected chi connectivity index (χ2v) is 6.36. The molecule has 3 aromatic rings. The first kappa shape index (κ1) is 16.4. The number of carbonyl (C=O) groups is 1. The van der Waals surface area contributed by atoms with Crippen LogP contribution in [0.15, 0.2) is 29.0 Å². The fraction of sp³-hybridized carbons (Fsp3) is 0.412. The lowest BCUT2D eigenvalue weighted by molar-refractivity contribution is 0.193. The molecule has 1 aliphatic heterocycles. The smallest absolute Gasteiger partial charge is 0.317 e. The van der Waals surface area contributed by atoms with E-state index in [1.165, 1.54) is 0 Å². The van der Waals surface area contributed by atoms with E-state index in [0.717, 1.165) is 41.6 Å². The molecule has 1 fully saturated rings. The maximum Gasteiger partial charge on any atom is 0.317 e. The maximum absolute atomic E-state index is 12.4. The highest BCUT2D eigenvalue weighted by Crippen LogP contribution is 2.15. The number of aryl methyl sites for hydroxylation is 2. The molecule has 1 saturated heterocycles. The van der Waals surface area contributed by atoms with Gasteiger partial charge in [0.1, 0.15) is 11.6 Å². The Labute approximate surface area is 150 Å². The Morgan fingerprint density at radius 3 is 2.77 bits per heavy atom. The molecule has 0 radical (unpaired) electrons. The predicted molar refractivity (Wildman–Crippen MR) is 95.0 cm³/mol. The molecule has 4 heterocycles. The normalized spacial score (nSPS) is 14.8. The van der Waals surface area contributed by atoms with Crippen LogP contribution >= 0.6 is 0 Å². The summed E-state index contributed by atoms with van der Waals surface area (Å²) in [6.07, 6.45) is 3.56. The first-order chi connectivity index (χ1) is 12.6. The molecule has 0 atom stereocenters. The number of carbonyl (C=O) groups excluding carboxylic acids is 1. The highest BCUT2D eigenvalue weighted by molar-refractivity contribution is 5.74. The third-order valence-electron chi connectivity index (χ3n) is 4.73. The quantitative estimate of drug-likeness (QED) is 0.763. The third-order valence-corrected chi connectivity index (χ3v) is 4.73. The number of fused-ring (bicyclic) bond motifs is 1. The van der Waals surface area contributed by atoms with Gasteiger partial charge in [-0.2, -0.15) is 0 Å². The van der Waals surface area contributed by atoms with Crippen LogP contribution in [0, 0.1) is 13.8 Å². The van der Waals surface area contributed by atoms with Gasteiger partial charge in [0, 0.05) is 50.7 Å². The maximum atomic E-state index is 12.4. The molecule has 0 aromatic carbocycles. The van der Waals surface area contributed by atoms with Crippen molar-refractivity contribution in [1.82, 2.24) is 30.0 Å². The van der Waals surface area contributed by atoms with E-state index in [1.54, 1.807) is 10.7 Å². The largest absolute Gasteiger partial charge is 0.361 e. The van der Waals surface area contributed by atoms with Gasteiger partial charge < -0.3 is 19.6 Å². The summed E-state index contributed by atoms with van der Waals surface area (Å²) >= 11 is 0. The van der Waals surface area contributed by atoms with Crippen molar-refractivity contribution >= 4 is 17.5 Å². The average Bonchev–Trinajstić information content (AvgIpc) is 3.26. The minimum Gasteiger partial charge on any atom is -0.361 e. The number of nitrogens with one attached hydrogen (secondary N) is 1. The number of anilines is 1. The van der Waals surface area contributed by atoms with E-state index in [9.17, 15) is 4.79 Å². The summed E-state index contributed by atoms with van der Waals surface area (Å²) in [7, 11) is 0. The first-order valence-corrected chi connectivity index (χ1v) is 8.61. The Bertz CT molecular complexity index is 905. The molecule has 0 saturated carbocycles. The second-order valence-electron chi connectivity index (χ2n) is 6.36. The molecule has 1 aliphatic rings. The van der Waals surface area contributed by atoms with Gasteiger partial charge in [0.15, 0.2) is 5.65 Å². The monoisotopic (exact) mass is 355 g/mol. The fourth-order valence-electron chi connectivity index (χ4n) is 3.14. The van der Waals surface area contributed by atoms with E-state index in [1.807, 2.05) is 37.1 Å². The Morgan fingerprint density at radius 2 is 2.04 bits per heavy atom. The Hall–Kier alpha value is -3.10. The van der Waals surface area contributed by atoms with Crippen LogP contribution in [0.2, 0.25) is 0 Å². The molecule has 4 rings (SSSR count). The Morgan fingerprint density at radius 1 is 1.23 bits per heavy atom. The van der Waals surface area contributed by atoms with Crippen LogP contribution in [0.25, 0.3) is 5.65 Å². The van der Waals surface area contributed by atoms with Gasteiger partial charge in [0.25, 0.3) is 0 Å². The van der Waals surface area contributed by atoms with Gasteiger partial charge in [-0.1, -0.05) is 5.16 Å². The second kappa shape index (κ2) is 6.66. The first-order valence-electron chi connectivity index (χ1n) is 8.61. The molecule has 136 valence electrons. The van der Waals surface area contributed by atoms with Gasteiger partial charge >= 0.3 is 6.03 Å². The molecule has 26 heavy (non-hydrogen) atoms. The molecule has 0 bridgehead atoms. The lowest BCUT2D eigenvalue weighted by Crippen LogP contribution is -2.52. The number of aromatic nitrogens is 4. The van der Waals surface area contributed by atoms with E-state index >= 15 is 0 Å². The Kier molecular flexibility index (Phi) is 4.19. The molecule has 9 nitrogen and oxygen atoms in total. The van der Waals surface area contributed by atoms with Gasteiger partial charge in [0.05, 0.1) is 5.69 Å². The van der Waals surface area contributed by atoms with Crippen LogP contribution in [0.3, 0.4) is 0 Å². The van der Waals surface area contributed by atoms with Crippen molar-refractivity contribution in [3.05, 3.63) is 41.5 Å². The number of amides is 2. The lowest BCUT2D eigenvalue weighted by atomic mass is 10.2. The molecular formula is C17H21N7O2. The van der Waals surface area contributed by atoms with Crippen molar-refractivity contribution in [3.8, 4) is 0 Å². The van der Waals surface area contributed by atoms with Crippen LogP contribution in [-0.4, -0.2) is 56.9 Å². The summed E-state index contributed by atoms with van der Waals surface area (Å²) in [4.78, 5) is 20.6. The zero-order chi connectivity index (χ0) is 18.1.